The van der Waals surface area contributed by atoms with E-state index in [2.05, 4.69) is 10.6 Å². The number of aromatic hydroxyl groups is 1. The van der Waals surface area contributed by atoms with Crippen LogP contribution in [0.25, 0.3) is 0 Å². The molecular weight excluding hydrogens is 316 g/mol. The highest BCUT2D eigenvalue weighted by Crippen LogP contribution is 2.41. The molecule has 0 aliphatic carbocycles. The van der Waals surface area contributed by atoms with E-state index < -0.39 is 6.17 Å². The summed E-state index contributed by atoms with van der Waals surface area (Å²) in [5.41, 5.74) is 2.43. The Labute approximate surface area is 138 Å². The first-order chi connectivity index (χ1) is 11.0. The van der Waals surface area contributed by atoms with Gasteiger partial charge < -0.3 is 25.2 Å². The Balaban J connectivity index is 2.02. The molecule has 1 aliphatic heterocycles. The van der Waals surface area contributed by atoms with E-state index in [9.17, 15) is 9.90 Å². The van der Waals surface area contributed by atoms with Crippen molar-refractivity contribution < 1.29 is 19.4 Å². The molecule has 0 radical (unpaired) electrons. The van der Waals surface area contributed by atoms with Crippen LogP contribution < -0.4 is 20.1 Å². The molecular formula is C16H18N2O4S. The minimum Gasteiger partial charge on any atom is -0.502 e. The fourth-order valence-electron chi connectivity index (χ4n) is 2.62. The minimum absolute atomic E-state index is 0.0654. The highest BCUT2D eigenvalue weighted by Gasteiger charge is 2.30. The molecule has 0 fully saturated rings. The summed E-state index contributed by atoms with van der Waals surface area (Å²) in [7, 11) is 2.94. The average Bonchev–Trinajstić information content (AvgIpc) is 2.82. The molecule has 23 heavy (non-hydrogen) atoms. The van der Waals surface area contributed by atoms with Gasteiger partial charge in [-0.3, -0.25) is 4.79 Å². The molecule has 1 unspecified atom stereocenters. The van der Waals surface area contributed by atoms with Gasteiger partial charge in [-0.05, 0) is 31.5 Å². The van der Waals surface area contributed by atoms with E-state index in [-0.39, 0.29) is 11.7 Å². The number of phenols is 1. The van der Waals surface area contributed by atoms with Gasteiger partial charge in [-0.1, -0.05) is 0 Å². The third-order valence-electron chi connectivity index (χ3n) is 4.00. The molecule has 0 spiro atoms. The van der Waals surface area contributed by atoms with Crippen LogP contribution in [-0.2, 0) is 0 Å². The Kier molecular flexibility index (Phi) is 3.81. The summed E-state index contributed by atoms with van der Waals surface area (Å²) in [6.45, 7) is 3.94. The van der Waals surface area contributed by atoms with Gasteiger partial charge in [0.1, 0.15) is 11.2 Å². The Hall–Kier alpha value is -2.41. The number of ether oxygens (including phenoxy) is 2. The second-order valence-corrected chi connectivity index (χ2v) is 6.54. The number of nitrogens with one attached hydrogen (secondary N) is 2. The summed E-state index contributed by atoms with van der Waals surface area (Å²) in [5.74, 6) is 0.403. The first-order valence-corrected chi connectivity index (χ1v) is 7.90. The monoisotopic (exact) mass is 334 g/mol. The van der Waals surface area contributed by atoms with Crippen molar-refractivity contribution in [2.75, 3.05) is 19.5 Å². The summed E-state index contributed by atoms with van der Waals surface area (Å²) in [5, 5.41) is 17.1. The maximum Gasteiger partial charge on any atom is 0.256 e. The first kappa shape index (κ1) is 15.5. The molecule has 1 aromatic carbocycles. The summed E-state index contributed by atoms with van der Waals surface area (Å²) in [4.78, 5) is 13.5. The zero-order valence-electron chi connectivity index (χ0n) is 13.3. The van der Waals surface area contributed by atoms with E-state index in [1.807, 2.05) is 13.8 Å². The molecule has 1 atom stereocenters. The Morgan fingerprint density at radius 1 is 1.13 bits per heavy atom. The van der Waals surface area contributed by atoms with Crippen LogP contribution in [0.3, 0.4) is 0 Å². The zero-order valence-corrected chi connectivity index (χ0v) is 14.1. The zero-order chi connectivity index (χ0) is 16.7. The lowest BCUT2D eigenvalue weighted by Gasteiger charge is -2.27. The SMILES string of the molecule is COc1cc(C2NC(=O)c3c(sc(C)c3C)N2)cc(OC)c1O. The van der Waals surface area contributed by atoms with Crippen LogP contribution in [0.15, 0.2) is 12.1 Å². The van der Waals surface area contributed by atoms with Gasteiger partial charge in [-0.15, -0.1) is 11.3 Å². The van der Waals surface area contributed by atoms with Crippen LogP contribution in [0.4, 0.5) is 5.00 Å². The van der Waals surface area contributed by atoms with Gasteiger partial charge in [0.25, 0.3) is 5.91 Å². The van der Waals surface area contributed by atoms with Gasteiger partial charge >= 0.3 is 0 Å². The van der Waals surface area contributed by atoms with Crippen LogP contribution in [0, 0.1) is 13.8 Å². The van der Waals surface area contributed by atoms with E-state index in [1.165, 1.54) is 14.2 Å². The predicted molar refractivity (Wildman–Crippen MR) is 88.8 cm³/mol. The van der Waals surface area contributed by atoms with E-state index in [4.69, 9.17) is 9.47 Å². The van der Waals surface area contributed by atoms with Crippen molar-refractivity contribution in [3.63, 3.8) is 0 Å². The summed E-state index contributed by atoms with van der Waals surface area (Å²) in [6, 6.07) is 3.35. The molecule has 2 heterocycles. The standard InChI is InChI=1S/C16H18N2O4S/c1-7-8(2)23-16-12(7)15(20)17-14(18-16)9-5-10(21-3)13(19)11(6-9)22-4/h5-6,14,18-19H,1-4H3,(H,17,20). The summed E-state index contributed by atoms with van der Waals surface area (Å²) in [6.07, 6.45) is -0.421. The lowest BCUT2D eigenvalue weighted by Crippen LogP contribution is -2.38. The molecule has 0 bridgehead atoms. The van der Waals surface area contributed by atoms with Crippen molar-refractivity contribution in [2.45, 2.75) is 20.0 Å². The van der Waals surface area contributed by atoms with Crippen LogP contribution in [0.2, 0.25) is 0 Å². The largest absolute Gasteiger partial charge is 0.502 e. The van der Waals surface area contributed by atoms with E-state index in [0.29, 0.717) is 17.1 Å². The number of hydrogen-bond acceptors (Lipinski definition) is 6. The number of rotatable bonds is 3. The predicted octanol–water partition coefficient (Wildman–Crippen LogP) is 2.94. The van der Waals surface area contributed by atoms with Crippen molar-refractivity contribution >= 4 is 22.2 Å². The quantitative estimate of drug-likeness (QED) is 0.804. The lowest BCUT2D eigenvalue weighted by molar-refractivity contribution is 0.0935. The molecule has 3 rings (SSSR count). The van der Waals surface area contributed by atoms with Crippen molar-refractivity contribution in [3.05, 3.63) is 33.7 Å². The maximum absolute atomic E-state index is 12.4. The minimum atomic E-state index is -0.421. The second-order valence-electron chi connectivity index (χ2n) is 5.31. The topological polar surface area (TPSA) is 79.8 Å². The highest BCUT2D eigenvalue weighted by molar-refractivity contribution is 7.16. The van der Waals surface area contributed by atoms with E-state index >= 15 is 0 Å². The number of benzene rings is 1. The number of carbonyl (C=O) groups is 1. The fraction of sp³-hybridized carbons (Fsp3) is 0.312. The van der Waals surface area contributed by atoms with Gasteiger partial charge in [0.2, 0.25) is 5.75 Å². The van der Waals surface area contributed by atoms with Crippen molar-refractivity contribution in [2.24, 2.45) is 0 Å². The number of hydrogen-bond donors (Lipinski definition) is 3. The second kappa shape index (κ2) is 5.66. The molecule has 1 amide bonds. The molecule has 0 saturated heterocycles. The highest BCUT2D eigenvalue weighted by atomic mass is 32.1. The average molecular weight is 334 g/mol. The van der Waals surface area contributed by atoms with Gasteiger partial charge in [-0.2, -0.15) is 0 Å². The smallest absolute Gasteiger partial charge is 0.256 e. The number of thiophene rings is 1. The molecule has 0 saturated carbocycles. The number of methoxy groups -OCH3 is 2. The number of aryl methyl sites for hydroxylation is 1. The van der Waals surface area contributed by atoms with Crippen LogP contribution >= 0.6 is 11.3 Å². The van der Waals surface area contributed by atoms with E-state index in [1.54, 1.807) is 23.5 Å². The van der Waals surface area contributed by atoms with Gasteiger partial charge in [0.05, 0.1) is 19.8 Å². The Morgan fingerprint density at radius 2 is 1.74 bits per heavy atom. The van der Waals surface area contributed by atoms with Crippen molar-refractivity contribution in [1.82, 2.24) is 5.32 Å². The van der Waals surface area contributed by atoms with Crippen LogP contribution in [0.5, 0.6) is 17.2 Å². The summed E-state index contributed by atoms with van der Waals surface area (Å²) < 4.78 is 10.3. The molecule has 1 aromatic heterocycles. The Morgan fingerprint density at radius 3 is 2.30 bits per heavy atom. The lowest BCUT2D eigenvalue weighted by atomic mass is 10.1. The van der Waals surface area contributed by atoms with Gasteiger partial charge in [-0.25, -0.2) is 0 Å². The third kappa shape index (κ3) is 2.46. The number of anilines is 1. The van der Waals surface area contributed by atoms with Gasteiger partial charge in [0, 0.05) is 10.4 Å². The number of amides is 1. The van der Waals surface area contributed by atoms with Crippen LogP contribution in [-0.4, -0.2) is 25.2 Å². The maximum atomic E-state index is 12.4. The normalized spacial score (nSPS) is 16.3. The number of carbonyl (C=O) groups excluding carboxylic acids is 1. The third-order valence-corrected chi connectivity index (χ3v) is 5.14. The number of fused-ring (bicyclic) bond motifs is 1. The summed E-state index contributed by atoms with van der Waals surface area (Å²) >= 11 is 1.56. The molecule has 1 aliphatic rings. The van der Waals surface area contributed by atoms with E-state index in [0.717, 1.165) is 21.0 Å². The molecule has 122 valence electrons. The Bertz CT molecular complexity index is 760. The van der Waals surface area contributed by atoms with Crippen LogP contribution in [0.1, 0.15) is 32.5 Å². The van der Waals surface area contributed by atoms with Crippen molar-refractivity contribution in [3.8, 4) is 17.2 Å². The molecule has 3 N–H and O–H groups in total. The number of phenolic OH excluding ortho intramolecular Hbond substituents is 1. The van der Waals surface area contributed by atoms with Crippen molar-refractivity contribution in [1.29, 1.82) is 0 Å². The first-order valence-electron chi connectivity index (χ1n) is 7.08. The van der Waals surface area contributed by atoms with Gasteiger partial charge in [0.15, 0.2) is 11.5 Å². The molecule has 2 aromatic rings. The molecule has 6 nitrogen and oxygen atoms in total. The fourth-order valence-corrected chi connectivity index (χ4v) is 3.71. The molecule has 7 heteroatoms.